The van der Waals surface area contributed by atoms with Gasteiger partial charge >= 0.3 is 0 Å². The minimum atomic E-state index is -3.66. The number of hydrogen-bond acceptors (Lipinski definition) is 5. The van der Waals surface area contributed by atoms with Gasteiger partial charge in [0.15, 0.2) is 0 Å². The van der Waals surface area contributed by atoms with Gasteiger partial charge < -0.3 is 5.32 Å². The number of non-ortho nitro benzene ring substituents is 1. The molecule has 0 unspecified atom stereocenters. The molecule has 0 spiro atoms. The van der Waals surface area contributed by atoms with E-state index in [4.69, 9.17) is 0 Å². The van der Waals surface area contributed by atoms with Crippen LogP contribution >= 0.6 is 0 Å². The molecule has 0 fully saturated rings. The second-order valence-corrected chi connectivity index (χ2v) is 9.08. The van der Waals surface area contributed by atoms with Crippen molar-refractivity contribution in [2.45, 2.75) is 19.4 Å². The SMILES string of the molecule is CS(=O)(=O)N(CCCC(=O)NCc1ccc2ccccc2c1)c1cccc([N+](=O)[O-])c1. The minimum Gasteiger partial charge on any atom is -0.352 e. The molecule has 31 heavy (non-hydrogen) atoms. The maximum Gasteiger partial charge on any atom is 0.271 e. The first-order valence-corrected chi connectivity index (χ1v) is 11.6. The number of benzene rings is 3. The number of fused-ring (bicyclic) bond motifs is 1. The summed E-state index contributed by atoms with van der Waals surface area (Å²) in [6, 6.07) is 19.4. The maximum atomic E-state index is 12.2. The Morgan fingerprint density at radius 1 is 1.03 bits per heavy atom. The molecule has 0 aliphatic carbocycles. The van der Waals surface area contributed by atoms with Gasteiger partial charge in [0.05, 0.1) is 16.9 Å². The Kier molecular flexibility index (Phi) is 6.86. The van der Waals surface area contributed by atoms with Crippen LogP contribution in [0.4, 0.5) is 11.4 Å². The van der Waals surface area contributed by atoms with Crippen LogP contribution in [0.25, 0.3) is 10.8 Å². The van der Waals surface area contributed by atoms with Crippen molar-refractivity contribution in [1.29, 1.82) is 0 Å². The summed E-state index contributed by atoms with van der Waals surface area (Å²) in [7, 11) is -3.66. The molecular weight excluding hydrogens is 418 g/mol. The number of nitrogens with one attached hydrogen (secondary N) is 1. The van der Waals surface area contributed by atoms with Crippen molar-refractivity contribution in [3.05, 3.63) is 82.4 Å². The van der Waals surface area contributed by atoms with Crippen LogP contribution in [0, 0.1) is 10.1 Å². The summed E-state index contributed by atoms with van der Waals surface area (Å²) in [6.45, 7) is 0.424. The number of anilines is 1. The fourth-order valence-electron chi connectivity index (χ4n) is 3.27. The van der Waals surface area contributed by atoms with Crippen molar-refractivity contribution < 1.29 is 18.1 Å². The van der Waals surface area contributed by atoms with Crippen molar-refractivity contribution >= 4 is 38.1 Å². The zero-order chi connectivity index (χ0) is 22.4. The van der Waals surface area contributed by atoms with Gasteiger partial charge in [0, 0.05) is 31.6 Å². The van der Waals surface area contributed by atoms with E-state index < -0.39 is 14.9 Å². The zero-order valence-corrected chi connectivity index (χ0v) is 17.8. The lowest BCUT2D eigenvalue weighted by atomic mass is 10.1. The van der Waals surface area contributed by atoms with E-state index in [9.17, 15) is 23.3 Å². The Morgan fingerprint density at radius 2 is 1.77 bits per heavy atom. The number of nitro benzene ring substituents is 1. The van der Waals surface area contributed by atoms with Gasteiger partial charge in [0.2, 0.25) is 15.9 Å². The lowest BCUT2D eigenvalue weighted by molar-refractivity contribution is -0.384. The van der Waals surface area contributed by atoms with Crippen LogP contribution in [0.2, 0.25) is 0 Å². The maximum absolute atomic E-state index is 12.2. The standard InChI is InChI=1S/C22H23N3O5S/c1-31(29,30)24(20-8-4-9-21(15-20)25(27)28)13-5-10-22(26)23-16-17-11-12-18-6-2-3-7-19(18)14-17/h2-4,6-9,11-12,14-15H,5,10,13,16H2,1H3,(H,23,26). The zero-order valence-electron chi connectivity index (χ0n) is 17.0. The molecule has 0 saturated carbocycles. The number of nitro groups is 1. The summed E-state index contributed by atoms with van der Waals surface area (Å²) < 4.78 is 25.4. The normalized spacial score (nSPS) is 11.3. The lowest BCUT2D eigenvalue weighted by Gasteiger charge is -2.22. The van der Waals surface area contributed by atoms with Crippen LogP contribution in [-0.4, -0.2) is 32.0 Å². The highest BCUT2D eigenvalue weighted by Gasteiger charge is 2.19. The van der Waals surface area contributed by atoms with Gasteiger partial charge in [-0.05, 0) is 34.9 Å². The Hall–Kier alpha value is -3.46. The van der Waals surface area contributed by atoms with Crippen LogP contribution < -0.4 is 9.62 Å². The van der Waals surface area contributed by atoms with E-state index in [2.05, 4.69) is 5.32 Å². The van der Waals surface area contributed by atoms with Crippen LogP contribution in [0.1, 0.15) is 18.4 Å². The third-order valence-corrected chi connectivity index (χ3v) is 5.99. The Morgan fingerprint density at radius 3 is 2.48 bits per heavy atom. The van der Waals surface area contributed by atoms with E-state index >= 15 is 0 Å². The van der Waals surface area contributed by atoms with Gasteiger partial charge in [-0.2, -0.15) is 0 Å². The van der Waals surface area contributed by atoms with Crippen molar-refractivity contribution in [1.82, 2.24) is 5.32 Å². The highest BCUT2D eigenvalue weighted by molar-refractivity contribution is 7.92. The quantitative estimate of drug-likeness (QED) is 0.403. The number of rotatable bonds is 9. The third-order valence-electron chi connectivity index (χ3n) is 4.80. The second kappa shape index (κ2) is 9.57. The fraction of sp³-hybridized carbons (Fsp3) is 0.227. The first-order valence-electron chi connectivity index (χ1n) is 9.70. The van der Waals surface area contributed by atoms with Crippen molar-refractivity contribution in [3.63, 3.8) is 0 Å². The van der Waals surface area contributed by atoms with Crippen molar-refractivity contribution in [3.8, 4) is 0 Å². The van der Waals surface area contributed by atoms with E-state index in [0.29, 0.717) is 6.54 Å². The van der Waals surface area contributed by atoms with E-state index in [1.807, 2.05) is 42.5 Å². The van der Waals surface area contributed by atoms with E-state index in [-0.39, 0.29) is 36.7 Å². The average Bonchev–Trinajstić information content (AvgIpc) is 2.74. The highest BCUT2D eigenvalue weighted by atomic mass is 32.2. The molecule has 0 radical (unpaired) electrons. The molecule has 0 bridgehead atoms. The second-order valence-electron chi connectivity index (χ2n) is 7.17. The molecule has 0 aliphatic heterocycles. The number of amides is 1. The van der Waals surface area contributed by atoms with E-state index in [1.165, 1.54) is 24.3 Å². The highest BCUT2D eigenvalue weighted by Crippen LogP contribution is 2.23. The summed E-state index contributed by atoms with van der Waals surface area (Å²) in [5.41, 5.74) is 0.981. The van der Waals surface area contributed by atoms with Gasteiger partial charge in [0.1, 0.15) is 0 Å². The monoisotopic (exact) mass is 441 g/mol. The number of hydrogen-bond donors (Lipinski definition) is 1. The molecule has 3 aromatic rings. The van der Waals surface area contributed by atoms with E-state index in [0.717, 1.165) is 26.9 Å². The Labute approximate surface area is 180 Å². The Balaban J connectivity index is 1.56. The average molecular weight is 442 g/mol. The number of carbonyl (C=O) groups is 1. The molecule has 3 aromatic carbocycles. The smallest absolute Gasteiger partial charge is 0.271 e. The minimum absolute atomic E-state index is 0.0450. The number of sulfonamides is 1. The predicted molar refractivity (Wildman–Crippen MR) is 120 cm³/mol. The molecule has 8 nitrogen and oxygen atoms in total. The van der Waals surface area contributed by atoms with Gasteiger partial charge in [-0.3, -0.25) is 19.2 Å². The Bertz CT molecular complexity index is 1210. The van der Waals surface area contributed by atoms with E-state index in [1.54, 1.807) is 0 Å². The van der Waals surface area contributed by atoms with Crippen molar-refractivity contribution in [2.75, 3.05) is 17.1 Å². The van der Waals surface area contributed by atoms with Gasteiger partial charge in [0.25, 0.3) is 5.69 Å². The summed E-state index contributed by atoms with van der Waals surface area (Å²) in [5.74, 6) is -0.194. The van der Waals surface area contributed by atoms with Crippen LogP contribution in [0.3, 0.4) is 0 Å². The molecule has 9 heteroatoms. The van der Waals surface area contributed by atoms with Crippen LogP contribution in [-0.2, 0) is 21.4 Å². The topological polar surface area (TPSA) is 110 Å². The van der Waals surface area contributed by atoms with Gasteiger partial charge in [-0.15, -0.1) is 0 Å². The molecule has 0 atom stereocenters. The molecular formula is C22H23N3O5S. The summed E-state index contributed by atoms with van der Waals surface area (Å²) in [4.78, 5) is 22.6. The molecule has 0 heterocycles. The number of carbonyl (C=O) groups excluding carboxylic acids is 1. The first-order chi connectivity index (χ1) is 14.7. The lowest BCUT2D eigenvalue weighted by Crippen LogP contribution is -2.32. The van der Waals surface area contributed by atoms with Gasteiger partial charge in [-0.25, -0.2) is 8.42 Å². The molecule has 1 N–H and O–H groups in total. The summed E-state index contributed by atoms with van der Waals surface area (Å²) >= 11 is 0. The molecule has 0 aliphatic rings. The van der Waals surface area contributed by atoms with Crippen LogP contribution in [0.5, 0.6) is 0 Å². The first kappa shape index (κ1) is 22.2. The van der Waals surface area contributed by atoms with Gasteiger partial charge in [-0.1, -0.05) is 42.5 Å². The largest absolute Gasteiger partial charge is 0.352 e. The molecule has 1 amide bonds. The molecule has 0 saturated heterocycles. The van der Waals surface area contributed by atoms with Crippen molar-refractivity contribution in [2.24, 2.45) is 0 Å². The number of nitrogens with zero attached hydrogens (tertiary/aromatic N) is 2. The molecule has 162 valence electrons. The molecule has 0 aromatic heterocycles. The summed E-state index contributed by atoms with van der Waals surface area (Å²) in [5, 5.41) is 16.0. The summed E-state index contributed by atoms with van der Waals surface area (Å²) in [6.07, 6.45) is 1.44. The third kappa shape index (κ3) is 6.02. The molecule has 3 rings (SSSR count). The predicted octanol–water partition coefficient (Wildman–Crippen LogP) is 3.61. The van der Waals surface area contributed by atoms with Crippen LogP contribution in [0.15, 0.2) is 66.7 Å². The fourth-order valence-corrected chi connectivity index (χ4v) is 4.23.